The summed E-state index contributed by atoms with van der Waals surface area (Å²) in [6, 6.07) is 5.81. The number of anilines is 2. The van der Waals surface area contributed by atoms with Crippen LogP contribution in [0.25, 0.3) is 0 Å². The summed E-state index contributed by atoms with van der Waals surface area (Å²) in [7, 11) is 0. The fourth-order valence-electron chi connectivity index (χ4n) is 3.78. The van der Waals surface area contributed by atoms with Crippen molar-refractivity contribution in [3.8, 4) is 0 Å². The van der Waals surface area contributed by atoms with E-state index >= 15 is 0 Å². The fraction of sp³-hybridized carbons (Fsp3) is 0.524. The maximum Gasteiger partial charge on any atom is 0.248 e. The van der Waals surface area contributed by atoms with E-state index in [0.29, 0.717) is 18.5 Å². The molecular weight excluding hydrogens is 370 g/mol. The molecule has 0 aliphatic carbocycles. The molecule has 2 aliphatic heterocycles. The first kappa shape index (κ1) is 19.7. The Kier molecular flexibility index (Phi) is 6.63. The lowest BCUT2D eigenvalue weighted by Crippen LogP contribution is -2.40. The van der Waals surface area contributed by atoms with Crippen LogP contribution >= 0.6 is 0 Å². The molecule has 0 saturated carbocycles. The van der Waals surface area contributed by atoms with Gasteiger partial charge in [-0.1, -0.05) is 0 Å². The van der Waals surface area contributed by atoms with Gasteiger partial charge in [-0.3, -0.25) is 9.78 Å². The van der Waals surface area contributed by atoms with Crippen molar-refractivity contribution >= 4 is 17.5 Å². The van der Waals surface area contributed by atoms with Crippen molar-refractivity contribution in [2.75, 3.05) is 38.2 Å². The Hall–Kier alpha value is -2.58. The van der Waals surface area contributed by atoms with E-state index in [2.05, 4.69) is 20.3 Å². The summed E-state index contributed by atoms with van der Waals surface area (Å²) in [5, 5.41) is 3.14. The van der Waals surface area contributed by atoms with Gasteiger partial charge in [0.2, 0.25) is 11.9 Å². The Morgan fingerprint density at radius 1 is 1.17 bits per heavy atom. The van der Waals surface area contributed by atoms with Crippen LogP contribution in [0.2, 0.25) is 0 Å². The predicted molar refractivity (Wildman–Crippen MR) is 108 cm³/mol. The molecule has 1 N–H and O–H groups in total. The molecule has 4 heterocycles. The first-order valence-electron chi connectivity index (χ1n) is 10.2. The molecule has 154 valence electrons. The van der Waals surface area contributed by atoms with Crippen molar-refractivity contribution in [3.63, 3.8) is 0 Å². The summed E-state index contributed by atoms with van der Waals surface area (Å²) >= 11 is 0. The number of aromatic nitrogens is 3. The Labute approximate surface area is 170 Å². The van der Waals surface area contributed by atoms with Crippen LogP contribution in [0.5, 0.6) is 0 Å². The number of amides is 1. The van der Waals surface area contributed by atoms with Gasteiger partial charge < -0.3 is 19.7 Å². The van der Waals surface area contributed by atoms with Crippen molar-refractivity contribution in [2.45, 2.75) is 37.7 Å². The normalized spacial score (nSPS) is 20.0. The minimum Gasteiger partial charge on any atom is -0.376 e. The number of carbonyl (C=O) groups is 1. The van der Waals surface area contributed by atoms with Crippen molar-refractivity contribution < 1.29 is 14.3 Å². The van der Waals surface area contributed by atoms with Crippen molar-refractivity contribution in [2.24, 2.45) is 0 Å². The van der Waals surface area contributed by atoms with Gasteiger partial charge in [0.1, 0.15) is 6.61 Å². The van der Waals surface area contributed by atoms with E-state index in [4.69, 9.17) is 9.47 Å². The van der Waals surface area contributed by atoms with E-state index in [1.165, 1.54) is 0 Å². The van der Waals surface area contributed by atoms with Gasteiger partial charge in [0.05, 0.1) is 24.6 Å². The van der Waals surface area contributed by atoms with Gasteiger partial charge in [-0.25, -0.2) is 9.97 Å². The van der Waals surface area contributed by atoms with Crippen molar-refractivity contribution in [1.82, 2.24) is 19.9 Å². The van der Waals surface area contributed by atoms with Crippen LogP contribution in [-0.4, -0.2) is 64.8 Å². The number of rotatable bonds is 7. The topological polar surface area (TPSA) is 89.5 Å². The van der Waals surface area contributed by atoms with Crippen molar-refractivity contribution in [1.29, 1.82) is 0 Å². The predicted octanol–water partition coefficient (Wildman–Crippen LogP) is 2.52. The van der Waals surface area contributed by atoms with Gasteiger partial charge in [0, 0.05) is 43.7 Å². The van der Waals surface area contributed by atoms with Crippen LogP contribution in [0.4, 0.5) is 11.6 Å². The number of likely N-dealkylation sites (tertiary alicyclic amines) is 1. The number of nitrogens with zero attached hydrogens (tertiary/aromatic N) is 4. The van der Waals surface area contributed by atoms with Crippen LogP contribution < -0.4 is 5.32 Å². The molecule has 2 aromatic rings. The van der Waals surface area contributed by atoms with Gasteiger partial charge >= 0.3 is 0 Å². The molecule has 2 saturated heterocycles. The molecule has 1 atom stereocenters. The molecule has 2 fully saturated rings. The Morgan fingerprint density at radius 2 is 2.00 bits per heavy atom. The lowest BCUT2D eigenvalue weighted by atomic mass is 9.93. The molecule has 8 nitrogen and oxygen atoms in total. The van der Waals surface area contributed by atoms with E-state index in [9.17, 15) is 4.79 Å². The summed E-state index contributed by atoms with van der Waals surface area (Å²) in [6.07, 6.45) is 9.30. The standard InChI is InChI=1S/C21H27N5O3/c27-20(15-28-14-18-3-1-12-29-18)26-10-6-16(7-11-26)19-5-4-17(13-24-19)25-21-22-8-2-9-23-21/h2,4-5,8-9,13,16,18H,1,3,6-7,10-12,14-15H2,(H,22,23,25). The lowest BCUT2D eigenvalue weighted by molar-refractivity contribution is -0.138. The van der Waals surface area contributed by atoms with Gasteiger partial charge in [-0.2, -0.15) is 0 Å². The quantitative estimate of drug-likeness (QED) is 0.768. The SMILES string of the molecule is O=C(COCC1CCCO1)N1CCC(c2ccc(Nc3ncccn3)cn2)CC1. The second-order valence-electron chi connectivity index (χ2n) is 7.47. The van der Waals surface area contributed by atoms with E-state index in [1.807, 2.05) is 23.2 Å². The number of hydrogen-bond acceptors (Lipinski definition) is 7. The number of carbonyl (C=O) groups excluding carboxylic acids is 1. The highest BCUT2D eigenvalue weighted by atomic mass is 16.5. The average Bonchev–Trinajstić information content (AvgIpc) is 3.29. The van der Waals surface area contributed by atoms with Gasteiger partial charge in [0.25, 0.3) is 0 Å². The van der Waals surface area contributed by atoms with E-state index in [1.54, 1.807) is 18.5 Å². The maximum atomic E-state index is 12.4. The molecule has 2 aromatic heterocycles. The van der Waals surface area contributed by atoms with Crippen LogP contribution in [-0.2, 0) is 14.3 Å². The lowest BCUT2D eigenvalue weighted by Gasteiger charge is -2.31. The third kappa shape index (κ3) is 5.48. The molecule has 8 heteroatoms. The van der Waals surface area contributed by atoms with Crippen molar-refractivity contribution in [3.05, 3.63) is 42.5 Å². The Balaban J connectivity index is 1.21. The summed E-state index contributed by atoms with van der Waals surface area (Å²) in [5.41, 5.74) is 1.92. The Morgan fingerprint density at radius 3 is 2.69 bits per heavy atom. The minimum absolute atomic E-state index is 0.0665. The van der Waals surface area contributed by atoms with Gasteiger partial charge in [-0.05, 0) is 43.9 Å². The van der Waals surface area contributed by atoms with Crippen LogP contribution in [0.1, 0.15) is 37.3 Å². The second kappa shape index (κ2) is 9.76. The molecule has 0 spiro atoms. The first-order chi connectivity index (χ1) is 14.3. The number of pyridine rings is 1. The zero-order chi connectivity index (χ0) is 19.9. The highest BCUT2D eigenvalue weighted by Crippen LogP contribution is 2.27. The molecule has 0 aromatic carbocycles. The number of ether oxygens (including phenoxy) is 2. The van der Waals surface area contributed by atoms with Crippen LogP contribution in [0.15, 0.2) is 36.8 Å². The smallest absolute Gasteiger partial charge is 0.248 e. The molecule has 0 bridgehead atoms. The summed E-state index contributed by atoms with van der Waals surface area (Å²) < 4.78 is 11.1. The highest BCUT2D eigenvalue weighted by Gasteiger charge is 2.25. The third-order valence-electron chi connectivity index (χ3n) is 5.43. The molecule has 1 amide bonds. The summed E-state index contributed by atoms with van der Waals surface area (Å²) in [5.74, 6) is 0.987. The molecular formula is C21H27N5O3. The molecule has 1 unspecified atom stereocenters. The van der Waals surface area contributed by atoms with Crippen LogP contribution in [0, 0.1) is 0 Å². The average molecular weight is 397 g/mol. The summed E-state index contributed by atoms with van der Waals surface area (Å²) in [6.45, 7) is 2.95. The highest BCUT2D eigenvalue weighted by molar-refractivity contribution is 5.77. The monoisotopic (exact) mass is 397 g/mol. The number of nitrogens with one attached hydrogen (secondary N) is 1. The Bertz CT molecular complexity index is 773. The zero-order valence-electron chi connectivity index (χ0n) is 16.5. The third-order valence-corrected chi connectivity index (χ3v) is 5.43. The zero-order valence-corrected chi connectivity index (χ0v) is 16.5. The van der Waals surface area contributed by atoms with E-state index in [-0.39, 0.29) is 18.6 Å². The number of hydrogen-bond donors (Lipinski definition) is 1. The summed E-state index contributed by atoms with van der Waals surface area (Å²) in [4.78, 5) is 27.2. The number of piperidine rings is 1. The fourth-order valence-corrected chi connectivity index (χ4v) is 3.78. The second-order valence-corrected chi connectivity index (χ2v) is 7.47. The van der Waals surface area contributed by atoms with Crippen LogP contribution in [0.3, 0.4) is 0 Å². The molecule has 4 rings (SSSR count). The largest absolute Gasteiger partial charge is 0.376 e. The van der Waals surface area contributed by atoms with Gasteiger partial charge in [-0.15, -0.1) is 0 Å². The molecule has 0 radical (unpaired) electrons. The maximum absolute atomic E-state index is 12.4. The van der Waals surface area contributed by atoms with Gasteiger partial charge in [0.15, 0.2) is 0 Å². The molecule has 2 aliphatic rings. The first-order valence-corrected chi connectivity index (χ1v) is 10.2. The van der Waals surface area contributed by atoms with E-state index < -0.39 is 0 Å². The van der Waals surface area contributed by atoms with E-state index in [0.717, 1.165) is 56.8 Å². The molecule has 29 heavy (non-hydrogen) atoms. The minimum atomic E-state index is 0.0665.